The standard InChI is InChI=1S/C26H23BrCl3F3N2O3/c27-19-10-14(4-6-18(26(31,32)33)15-11-20(28)22(30)21(29)12-15)3-5-17(19)23(36)35-25(7-8-25)24(37)34-16-2-1-9-38-13-16/h3-6,10-12,16,18H,1-2,7-9,13H2,(H,34,37)(H,35,36)/b6-4+. The van der Waals surface area contributed by atoms with Crippen LogP contribution in [-0.4, -0.2) is 42.8 Å². The van der Waals surface area contributed by atoms with E-state index in [1.807, 2.05) is 0 Å². The lowest BCUT2D eigenvalue weighted by molar-refractivity contribution is -0.139. The number of ether oxygens (including phenoxy) is 1. The largest absolute Gasteiger partial charge is 0.399 e. The van der Waals surface area contributed by atoms with Gasteiger partial charge in [0.1, 0.15) is 5.54 Å². The molecule has 204 valence electrons. The number of nitrogens with one attached hydrogen (secondary N) is 2. The molecule has 1 heterocycles. The summed E-state index contributed by atoms with van der Waals surface area (Å²) in [5.74, 6) is -2.68. The van der Waals surface area contributed by atoms with Gasteiger partial charge < -0.3 is 15.4 Å². The third-order valence-corrected chi connectivity index (χ3v) is 8.32. The Hall–Kier alpha value is -1.78. The van der Waals surface area contributed by atoms with Crippen molar-refractivity contribution in [2.24, 2.45) is 0 Å². The zero-order valence-electron chi connectivity index (χ0n) is 19.8. The van der Waals surface area contributed by atoms with Crippen molar-refractivity contribution in [3.63, 3.8) is 0 Å². The smallest absolute Gasteiger partial charge is 0.379 e. The van der Waals surface area contributed by atoms with Crippen LogP contribution in [0.2, 0.25) is 15.1 Å². The summed E-state index contributed by atoms with van der Waals surface area (Å²) >= 11 is 21.1. The number of rotatable bonds is 7. The number of hydrogen-bond acceptors (Lipinski definition) is 3. The first kappa shape index (κ1) is 29.2. The molecule has 0 radical (unpaired) electrons. The molecule has 2 aliphatic rings. The van der Waals surface area contributed by atoms with Gasteiger partial charge in [0, 0.05) is 11.1 Å². The van der Waals surface area contributed by atoms with Crippen molar-refractivity contribution in [3.8, 4) is 0 Å². The lowest BCUT2D eigenvalue weighted by atomic mass is 9.97. The highest BCUT2D eigenvalue weighted by Crippen LogP contribution is 2.41. The summed E-state index contributed by atoms with van der Waals surface area (Å²) in [6.07, 6.45) is 0.394. The Bertz CT molecular complexity index is 1240. The molecule has 1 saturated heterocycles. The number of amides is 2. The summed E-state index contributed by atoms with van der Waals surface area (Å²) in [7, 11) is 0. The van der Waals surface area contributed by atoms with Crippen molar-refractivity contribution in [1.29, 1.82) is 0 Å². The van der Waals surface area contributed by atoms with E-state index in [0.717, 1.165) is 31.1 Å². The van der Waals surface area contributed by atoms with Crippen LogP contribution in [0.1, 0.15) is 53.1 Å². The molecule has 2 N–H and O–H groups in total. The van der Waals surface area contributed by atoms with Crippen LogP contribution in [0.4, 0.5) is 13.2 Å². The minimum atomic E-state index is -4.61. The van der Waals surface area contributed by atoms with Crippen LogP contribution >= 0.6 is 50.7 Å². The summed E-state index contributed by atoms with van der Waals surface area (Å²) < 4.78 is 47.2. The first-order chi connectivity index (χ1) is 17.9. The summed E-state index contributed by atoms with van der Waals surface area (Å²) in [5.41, 5.74) is -0.444. The van der Waals surface area contributed by atoms with Crippen LogP contribution < -0.4 is 10.6 Å². The Kier molecular flexibility index (Phi) is 9.04. The van der Waals surface area contributed by atoms with Crippen LogP contribution in [0, 0.1) is 0 Å². The molecule has 0 bridgehead atoms. The van der Waals surface area contributed by atoms with Gasteiger partial charge in [0.15, 0.2) is 0 Å². The number of halogens is 7. The molecule has 1 aliphatic heterocycles. The Morgan fingerprint density at radius 3 is 2.37 bits per heavy atom. The molecule has 2 aromatic carbocycles. The number of allylic oxidation sites excluding steroid dienone is 1. The van der Waals surface area contributed by atoms with Gasteiger partial charge in [0.2, 0.25) is 5.91 Å². The van der Waals surface area contributed by atoms with Gasteiger partial charge >= 0.3 is 6.18 Å². The molecule has 0 spiro atoms. The fourth-order valence-electron chi connectivity index (χ4n) is 4.19. The van der Waals surface area contributed by atoms with Gasteiger partial charge in [0.25, 0.3) is 5.91 Å². The minimum Gasteiger partial charge on any atom is -0.379 e. The third kappa shape index (κ3) is 6.86. The highest BCUT2D eigenvalue weighted by atomic mass is 79.9. The molecule has 1 saturated carbocycles. The van der Waals surface area contributed by atoms with Crippen LogP contribution in [0.15, 0.2) is 40.9 Å². The summed E-state index contributed by atoms with van der Waals surface area (Å²) in [6.45, 7) is 1.12. The van der Waals surface area contributed by atoms with Gasteiger partial charge in [-0.3, -0.25) is 9.59 Å². The maximum Gasteiger partial charge on any atom is 0.399 e. The van der Waals surface area contributed by atoms with Crippen LogP contribution in [0.25, 0.3) is 6.08 Å². The minimum absolute atomic E-state index is 0.0201. The number of carbonyl (C=O) groups excluding carboxylic acids is 2. The van der Waals surface area contributed by atoms with E-state index in [1.54, 1.807) is 0 Å². The fourth-order valence-corrected chi connectivity index (χ4v) is 5.38. The van der Waals surface area contributed by atoms with E-state index in [9.17, 15) is 22.8 Å². The number of carbonyl (C=O) groups is 2. The van der Waals surface area contributed by atoms with Crippen LogP contribution in [-0.2, 0) is 9.53 Å². The Balaban J connectivity index is 1.46. The van der Waals surface area contributed by atoms with E-state index < -0.39 is 23.5 Å². The first-order valence-corrected chi connectivity index (χ1v) is 13.7. The average Bonchev–Trinajstić information content (AvgIpc) is 3.63. The van der Waals surface area contributed by atoms with Crippen molar-refractivity contribution < 1.29 is 27.5 Å². The first-order valence-electron chi connectivity index (χ1n) is 11.8. The van der Waals surface area contributed by atoms with E-state index in [1.165, 1.54) is 24.3 Å². The highest BCUT2D eigenvalue weighted by molar-refractivity contribution is 9.10. The molecule has 2 atom stereocenters. The second kappa shape index (κ2) is 11.8. The van der Waals surface area contributed by atoms with Crippen molar-refractivity contribution in [2.75, 3.05) is 13.2 Å². The fraction of sp³-hybridized carbons (Fsp3) is 0.385. The predicted molar refractivity (Wildman–Crippen MR) is 145 cm³/mol. The van der Waals surface area contributed by atoms with Gasteiger partial charge in [0.05, 0.1) is 39.2 Å². The molecule has 2 unspecified atom stereocenters. The summed E-state index contributed by atoms with van der Waals surface area (Å²) in [4.78, 5) is 25.7. The summed E-state index contributed by atoms with van der Waals surface area (Å²) in [5, 5.41) is 5.59. The molecule has 5 nitrogen and oxygen atoms in total. The van der Waals surface area contributed by atoms with E-state index >= 15 is 0 Å². The monoisotopic (exact) mass is 652 g/mol. The number of benzene rings is 2. The molecule has 38 heavy (non-hydrogen) atoms. The third-order valence-electron chi connectivity index (χ3n) is 6.47. The van der Waals surface area contributed by atoms with E-state index in [4.69, 9.17) is 39.5 Å². The molecule has 1 aliphatic carbocycles. The normalized spacial score (nSPS) is 19.7. The second-order valence-electron chi connectivity index (χ2n) is 9.34. The maximum atomic E-state index is 13.8. The van der Waals surface area contributed by atoms with E-state index in [-0.39, 0.29) is 38.1 Å². The van der Waals surface area contributed by atoms with Crippen molar-refractivity contribution in [3.05, 3.63) is 72.6 Å². The summed E-state index contributed by atoms with van der Waals surface area (Å²) in [6, 6.07) is 6.72. The zero-order chi connectivity index (χ0) is 27.7. The molecular formula is C26H23BrCl3F3N2O3. The van der Waals surface area contributed by atoms with Gasteiger partial charge in [-0.1, -0.05) is 53.0 Å². The quantitative estimate of drug-likeness (QED) is 0.308. The molecule has 4 rings (SSSR count). The van der Waals surface area contributed by atoms with Crippen molar-refractivity contribution in [2.45, 2.75) is 49.4 Å². The second-order valence-corrected chi connectivity index (χ2v) is 11.4. The van der Waals surface area contributed by atoms with E-state index in [0.29, 0.717) is 36.1 Å². The average molecular weight is 655 g/mol. The number of hydrogen-bond donors (Lipinski definition) is 2. The van der Waals surface area contributed by atoms with Gasteiger partial charge in [-0.15, -0.1) is 0 Å². The Labute approximate surface area is 241 Å². The van der Waals surface area contributed by atoms with Gasteiger partial charge in [-0.2, -0.15) is 13.2 Å². The lowest BCUT2D eigenvalue weighted by Crippen LogP contribution is -2.53. The Morgan fingerprint density at radius 1 is 1.13 bits per heavy atom. The van der Waals surface area contributed by atoms with Crippen molar-refractivity contribution in [1.82, 2.24) is 10.6 Å². The zero-order valence-corrected chi connectivity index (χ0v) is 23.7. The molecule has 2 amide bonds. The molecular weight excluding hydrogens is 632 g/mol. The molecule has 12 heteroatoms. The van der Waals surface area contributed by atoms with E-state index in [2.05, 4.69) is 26.6 Å². The van der Waals surface area contributed by atoms with Gasteiger partial charge in [-0.05, 0) is 77.0 Å². The SMILES string of the molecule is O=C(NC1(C(=O)NC2CCCOC2)CC1)c1ccc(/C=C/C(c2cc(Cl)c(Cl)c(Cl)c2)C(F)(F)F)cc1Br. The lowest BCUT2D eigenvalue weighted by Gasteiger charge is -2.26. The predicted octanol–water partition coefficient (Wildman–Crippen LogP) is 7.33. The van der Waals surface area contributed by atoms with Crippen molar-refractivity contribution >= 4 is 68.6 Å². The van der Waals surface area contributed by atoms with Gasteiger partial charge in [-0.25, -0.2) is 0 Å². The molecule has 0 aromatic heterocycles. The highest BCUT2D eigenvalue weighted by Gasteiger charge is 2.51. The Morgan fingerprint density at radius 2 is 1.82 bits per heavy atom. The topological polar surface area (TPSA) is 67.4 Å². The number of alkyl halides is 3. The maximum absolute atomic E-state index is 13.8. The molecule has 2 aromatic rings. The van der Waals surface area contributed by atoms with Crippen LogP contribution in [0.3, 0.4) is 0 Å². The van der Waals surface area contributed by atoms with Crippen LogP contribution in [0.5, 0.6) is 0 Å². The molecule has 2 fully saturated rings.